The zero-order chi connectivity index (χ0) is 14.8. The van der Waals surface area contributed by atoms with Crippen molar-refractivity contribution in [1.29, 1.82) is 0 Å². The molecule has 0 spiro atoms. The van der Waals surface area contributed by atoms with E-state index in [4.69, 9.17) is 10.5 Å². The van der Waals surface area contributed by atoms with Gasteiger partial charge in [0.1, 0.15) is 5.75 Å². The van der Waals surface area contributed by atoms with E-state index < -0.39 is 10.0 Å². The molecule has 1 aliphatic rings. The standard InChI is InChI=1S/C14H22N2O3S/c1-10(11-5-3-4-6-11)16-20(17,18)12-7-8-14(19-2)13(15)9-12/h7-11,16H,3-6,15H2,1-2H3. The molecule has 1 atom stereocenters. The molecule has 1 aromatic rings. The van der Waals surface area contributed by atoms with Crippen LogP contribution in [0.4, 0.5) is 5.69 Å². The number of sulfonamides is 1. The Kier molecular flexibility index (Phi) is 4.55. The van der Waals surface area contributed by atoms with Crippen LogP contribution in [0.1, 0.15) is 32.6 Å². The molecule has 20 heavy (non-hydrogen) atoms. The molecule has 0 amide bonds. The van der Waals surface area contributed by atoms with Crippen molar-refractivity contribution in [2.45, 2.75) is 43.5 Å². The first-order valence-electron chi connectivity index (χ1n) is 6.90. The van der Waals surface area contributed by atoms with Crippen LogP contribution in [0, 0.1) is 5.92 Å². The predicted octanol–water partition coefficient (Wildman–Crippen LogP) is 2.13. The molecule has 0 aromatic heterocycles. The lowest BCUT2D eigenvalue weighted by Gasteiger charge is -2.20. The van der Waals surface area contributed by atoms with Crippen LogP contribution in [0.15, 0.2) is 23.1 Å². The van der Waals surface area contributed by atoms with Crippen LogP contribution in [-0.2, 0) is 10.0 Å². The summed E-state index contributed by atoms with van der Waals surface area (Å²) in [5.41, 5.74) is 6.09. The number of methoxy groups -OCH3 is 1. The van der Waals surface area contributed by atoms with Crippen molar-refractivity contribution in [2.75, 3.05) is 12.8 Å². The summed E-state index contributed by atoms with van der Waals surface area (Å²) in [5, 5.41) is 0. The van der Waals surface area contributed by atoms with Crippen molar-refractivity contribution in [3.05, 3.63) is 18.2 Å². The van der Waals surface area contributed by atoms with Crippen molar-refractivity contribution in [2.24, 2.45) is 5.92 Å². The summed E-state index contributed by atoms with van der Waals surface area (Å²) >= 11 is 0. The van der Waals surface area contributed by atoms with Gasteiger partial charge in [-0.2, -0.15) is 0 Å². The van der Waals surface area contributed by atoms with Crippen LogP contribution >= 0.6 is 0 Å². The third-order valence-electron chi connectivity index (χ3n) is 3.96. The van der Waals surface area contributed by atoms with Crippen LogP contribution in [0.2, 0.25) is 0 Å². The van der Waals surface area contributed by atoms with E-state index >= 15 is 0 Å². The Bertz CT molecular complexity index is 566. The monoisotopic (exact) mass is 298 g/mol. The van der Waals surface area contributed by atoms with Crippen LogP contribution in [0.5, 0.6) is 5.75 Å². The average Bonchev–Trinajstić information content (AvgIpc) is 2.92. The second-order valence-corrected chi connectivity index (χ2v) is 7.07. The van der Waals surface area contributed by atoms with Crippen LogP contribution in [0.3, 0.4) is 0 Å². The molecule has 0 heterocycles. The zero-order valence-electron chi connectivity index (χ0n) is 11.9. The highest BCUT2D eigenvalue weighted by molar-refractivity contribution is 7.89. The molecule has 5 nitrogen and oxygen atoms in total. The lowest BCUT2D eigenvalue weighted by Crippen LogP contribution is -2.37. The topological polar surface area (TPSA) is 81.4 Å². The largest absolute Gasteiger partial charge is 0.495 e. The first-order valence-corrected chi connectivity index (χ1v) is 8.38. The van der Waals surface area contributed by atoms with Crippen LogP contribution in [-0.4, -0.2) is 21.6 Å². The van der Waals surface area contributed by atoms with Gasteiger partial charge >= 0.3 is 0 Å². The second-order valence-electron chi connectivity index (χ2n) is 5.36. The molecule has 1 fully saturated rings. The molecule has 0 radical (unpaired) electrons. The smallest absolute Gasteiger partial charge is 0.240 e. The minimum absolute atomic E-state index is 0.0502. The van der Waals surface area contributed by atoms with Gasteiger partial charge in [-0.05, 0) is 43.9 Å². The van der Waals surface area contributed by atoms with Crippen molar-refractivity contribution in [3.63, 3.8) is 0 Å². The van der Waals surface area contributed by atoms with Gasteiger partial charge in [0, 0.05) is 6.04 Å². The maximum Gasteiger partial charge on any atom is 0.240 e. The molecule has 1 aliphatic carbocycles. The van der Waals surface area contributed by atoms with Gasteiger partial charge in [-0.3, -0.25) is 0 Å². The minimum Gasteiger partial charge on any atom is -0.495 e. The Morgan fingerprint density at radius 2 is 2.00 bits per heavy atom. The molecule has 0 bridgehead atoms. The van der Waals surface area contributed by atoms with E-state index in [1.807, 2.05) is 6.92 Å². The number of ether oxygens (including phenoxy) is 1. The molecule has 112 valence electrons. The second kappa shape index (κ2) is 6.01. The van der Waals surface area contributed by atoms with Crippen LogP contribution < -0.4 is 15.2 Å². The molecular formula is C14H22N2O3S. The van der Waals surface area contributed by atoms with E-state index in [1.54, 1.807) is 6.07 Å². The van der Waals surface area contributed by atoms with Gasteiger partial charge in [-0.1, -0.05) is 12.8 Å². The van der Waals surface area contributed by atoms with E-state index in [0.717, 1.165) is 12.8 Å². The number of hydrogen-bond acceptors (Lipinski definition) is 4. The summed E-state index contributed by atoms with van der Waals surface area (Å²) in [6, 6.07) is 4.47. The molecule has 6 heteroatoms. The fourth-order valence-electron chi connectivity index (χ4n) is 2.75. The fourth-order valence-corrected chi connectivity index (χ4v) is 4.09. The van der Waals surface area contributed by atoms with Crippen molar-refractivity contribution in [1.82, 2.24) is 4.72 Å². The van der Waals surface area contributed by atoms with Gasteiger partial charge in [0.05, 0.1) is 17.7 Å². The Hall–Kier alpha value is -1.27. The number of rotatable bonds is 5. The Morgan fingerprint density at radius 1 is 1.35 bits per heavy atom. The molecule has 3 N–H and O–H groups in total. The zero-order valence-corrected chi connectivity index (χ0v) is 12.7. The maximum atomic E-state index is 12.3. The van der Waals surface area contributed by atoms with E-state index in [1.165, 1.54) is 32.1 Å². The number of benzene rings is 1. The summed E-state index contributed by atoms with van der Waals surface area (Å²) in [5.74, 6) is 0.910. The number of nitrogen functional groups attached to an aromatic ring is 1. The third kappa shape index (κ3) is 3.24. The summed E-state index contributed by atoms with van der Waals surface area (Å²) < 4.78 is 32.5. The van der Waals surface area contributed by atoms with E-state index in [0.29, 0.717) is 17.4 Å². The lowest BCUT2D eigenvalue weighted by atomic mass is 10.0. The summed E-state index contributed by atoms with van der Waals surface area (Å²) in [6.07, 6.45) is 4.56. The number of hydrogen-bond donors (Lipinski definition) is 2. The molecule has 0 saturated heterocycles. The average molecular weight is 298 g/mol. The Labute approximate surface area is 120 Å². The van der Waals surface area contributed by atoms with E-state index in [9.17, 15) is 8.42 Å². The summed E-state index contributed by atoms with van der Waals surface area (Å²) in [6.45, 7) is 1.93. The summed E-state index contributed by atoms with van der Waals surface area (Å²) in [4.78, 5) is 0.181. The number of anilines is 1. The highest BCUT2D eigenvalue weighted by Gasteiger charge is 2.26. The Balaban J connectivity index is 2.15. The van der Waals surface area contributed by atoms with Gasteiger partial charge in [0.15, 0.2) is 0 Å². The van der Waals surface area contributed by atoms with Gasteiger partial charge < -0.3 is 10.5 Å². The van der Waals surface area contributed by atoms with E-state index in [-0.39, 0.29) is 10.9 Å². The van der Waals surface area contributed by atoms with Gasteiger partial charge in [0.25, 0.3) is 0 Å². The quantitative estimate of drug-likeness (QED) is 0.816. The molecule has 1 unspecified atom stereocenters. The molecule has 1 aromatic carbocycles. The number of nitrogens with two attached hydrogens (primary N) is 1. The molecule has 0 aliphatic heterocycles. The maximum absolute atomic E-state index is 12.3. The molecular weight excluding hydrogens is 276 g/mol. The van der Waals surface area contributed by atoms with E-state index in [2.05, 4.69) is 4.72 Å². The lowest BCUT2D eigenvalue weighted by molar-refractivity contribution is 0.416. The van der Waals surface area contributed by atoms with Crippen molar-refractivity contribution >= 4 is 15.7 Å². The highest BCUT2D eigenvalue weighted by atomic mass is 32.2. The first-order chi connectivity index (χ1) is 9.44. The molecule has 1 saturated carbocycles. The normalized spacial score (nSPS) is 18.1. The summed E-state index contributed by atoms with van der Waals surface area (Å²) in [7, 11) is -2.03. The third-order valence-corrected chi connectivity index (χ3v) is 5.52. The first kappa shape index (κ1) is 15.1. The van der Waals surface area contributed by atoms with Crippen molar-refractivity contribution in [3.8, 4) is 5.75 Å². The predicted molar refractivity (Wildman–Crippen MR) is 79.1 cm³/mol. The van der Waals surface area contributed by atoms with Crippen LogP contribution in [0.25, 0.3) is 0 Å². The van der Waals surface area contributed by atoms with Gasteiger partial charge in [-0.15, -0.1) is 0 Å². The number of nitrogens with one attached hydrogen (secondary N) is 1. The Morgan fingerprint density at radius 3 is 2.55 bits per heavy atom. The van der Waals surface area contributed by atoms with Crippen molar-refractivity contribution < 1.29 is 13.2 Å². The SMILES string of the molecule is COc1ccc(S(=O)(=O)NC(C)C2CCCC2)cc1N. The van der Waals surface area contributed by atoms with Gasteiger partial charge in [0.2, 0.25) is 10.0 Å². The fraction of sp³-hybridized carbons (Fsp3) is 0.571. The molecule has 2 rings (SSSR count). The highest BCUT2D eigenvalue weighted by Crippen LogP contribution is 2.29. The van der Waals surface area contributed by atoms with Gasteiger partial charge in [-0.25, -0.2) is 13.1 Å². The minimum atomic E-state index is -3.53.